The number of hydrogen-bond acceptors (Lipinski definition) is 3. The molecular formula is C9H16Cl2O3. The van der Waals surface area contributed by atoms with Crippen molar-refractivity contribution in [2.45, 2.75) is 12.2 Å². The zero-order valence-corrected chi connectivity index (χ0v) is 9.51. The lowest BCUT2D eigenvalue weighted by Crippen LogP contribution is -2.27. The predicted octanol–water partition coefficient (Wildman–Crippen LogP) is 1.41. The van der Waals surface area contributed by atoms with Gasteiger partial charge in [-0.15, -0.1) is 29.8 Å². The smallest absolute Gasteiger partial charge is 0.0944 e. The van der Waals surface area contributed by atoms with Crippen LogP contribution >= 0.6 is 23.2 Å². The average Bonchev–Trinajstić information content (AvgIpc) is 2.22. The first kappa shape index (κ1) is 14.2. The zero-order valence-electron chi connectivity index (χ0n) is 7.99. The second kappa shape index (κ2) is 9.74. The van der Waals surface area contributed by atoms with E-state index in [9.17, 15) is 0 Å². The van der Waals surface area contributed by atoms with E-state index >= 15 is 0 Å². The van der Waals surface area contributed by atoms with E-state index in [4.69, 9.17) is 37.8 Å². The maximum atomic E-state index is 9.12. The molecule has 0 aliphatic heterocycles. The van der Waals surface area contributed by atoms with Crippen LogP contribution in [0.15, 0.2) is 12.7 Å². The maximum absolute atomic E-state index is 9.12. The molecule has 0 rings (SSSR count). The van der Waals surface area contributed by atoms with Crippen molar-refractivity contribution < 1.29 is 14.6 Å². The van der Waals surface area contributed by atoms with Crippen molar-refractivity contribution in [2.75, 3.05) is 31.6 Å². The Morgan fingerprint density at radius 1 is 1.29 bits per heavy atom. The van der Waals surface area contributed by atoms with Crippen molar-refractivity contribution in [3.63, 3.8) is 0 Å². The van der Waals surface area contributed by atoms with E-state index in [2.05, 4.69) is 6.58 Å². The number of alkyl halides is 2. The minimum Gasteiger partial charge on any atom is -0.389 e. The van der Waals surface area contributed by atoms with Gasteiger partial charge in [0.2, 0.25) is 0 Å². The Morgan fingerprint density at radius 3 is 2.50 bits per heavy atom. The van der Waals surface area contributed by atoms with Gasteiger partial charge in [0, 0.05) is 0 Å². The number of hydrogen-bond donors (Lipinski definition) is 1. The van der Waals surface area contributed by atoms with Crippen LogP contribution in [0.5, 0.6) is 0 Å². The molecule has 0 aromatic rings. The first-order chi connectivity index (χ1) is 6.74. The molecule has 0 aliphatic rings. The summed E-state index contributed by atoms with van der Waals surface area (Å²) in [6.45, 7) is 4.55. The fourth-order valence-corrected chi connectivity index (χ4v) is 0.979. The van der Waals surface area contributed by atoms with Crippen LogP contribution in [-0.4, -0.2) is 48.9 Å². The van der Waals surface area contributed by atoms with E-state index in [0.717, 1.165) is 0 Å². The van der Waals surface area contributed by atoms with Gasteiger partial charge in [-0.2, -0.15) is 0 Å². The van der Waals surface area contributed by atoms with Crippen molar-refractivity contribution in [1.82, 2.24) is 0 Å². The lowest BCUT2D eigenvalue weighted by atomic mass is 10.4. The second-order valence-corrected chi connectivity index (χ2v) is 3.36. The minimum atomic E-state index is -0.651. The molecule has 0 bridgehead atoms. The number of rotatable bonds is 9. The molecule has 0 heterocycles. The molecule has 0 aliphatic carbocycles. The monoisotopic (exact) mass is 242 g/mol. The van der Waals surface area contributed by atoms with E-state index in [-0.39, 0.29) is 18.6 Å². The van der Waals surface area contributed by atoms with Gasteiger partial charge in [0.05, 0.1) is 43.8 Å². The summed E-state index contributed by atoms with van der Waals surface area (Å²) in [6, 6.07) is 0. The van der Waals surface area contributed by atoms with Crippen LogP contribution in [0.4, 0.5) is 0 Å². The molecule has 0 amide bonds. The normalized spacial score (nSPS) is 15.1. The van der Waals surface area contributed by atoms with Crippen LogP contribution in [0.1, 0.15) is 0 Å². The molecule has 0 radical (unpaired) electrons. The van der Waals surface area contributed by atoms with E-state index in [1.54, 1.807) is 6.08 Å². The number of ether oxygens (including phenoxy) is 2. The first-order valence-corrected chi connectivity index (χ1v) is 5.41. The van der Waals surface area contributed by atoms with Crippen molar-refractivity contribution >= 4 is 23.2 Å². The first-order valence-electron chi connectivity index (χ1n) is 4.34. The molecular weight excluding hydrogens is 227 g/mol. The lowest BCUT2D eigenvalue weighted by molar-refractivity contribution is -0.0296. The maximum Gasteiger partial charge on any atom is 0.0944 e. The number of halogens is 2. The van der Waals surface area contributed by atoms with Gasteiger partial charge in [-0.3, -0.25) is 0 Å². The van der Waals surface area contributed by atoms with E-state index in [0.29, 0.717) is 19.1 Å². The molecule has 3 nitrogen and oxygen atoms in total. The van der Waals surface area contributed by atoms with E-state index in [1.807, 2.05) is 0 Å². The van der Waals surface area contributed by atoms with Gasteiger partial charge in [-0.05, 0) is 0 Å². The highest BCUT2D eigenvalue weighted by Gasteiger charge is 2.10. The molecule has 5 heteroatoms. The fraction of sp³-hybridized carbons (Fsp3) is 0.778. The van der Waals surface area contributed by atoms with Crippen LogP contribution in [0.25, 0.3) is 0 Å². The Hall–Kier alpha value is 0.200. The van der Waals surface area contributed by atoms with Gasteiger partial charge in [-0.1, -0.05) is 6.08 Å². The molecule has 84 valence electrons. The SMILES string of the molecule is C=CCOC[C@H](CCl)OC[C@H](O)CCl. The van der Waals surface area contributed by atoms with Gasteiger partial charge >= 0.3 is 0 Å². The van der Waals surface area contributed by atoms with Gasteiger partial charge in [0.1, 0.15) is 0 Å². The number of aliphatic hydroxyl groups excluding tert-OH is 1. The van der Waals surface area contributed by atoms with Gasteiger partial charge in [0.15, 0.2) is 0 Å². The van der Waals surface area contributed by atoms with Gasteiger partial charge in [0.25, 0.3) is 0 Å². The summed E-state index contributed by atoms with van der Waals surface area (Å²) in [7, 11) is 0. The Balaban J connectivity index is 3.51. The van der Waals surface area contributed by atoms with Crippen molar-refractivity contribution in [1.29, 1.82) is 0 Å². The van der Waals surface area contributed by atoms with Crippen molar-refractivity contribution in [2.24, 2.45) is 0 Å². The summed E-state index contributed by atoms with van der Waals surface area (Å²) in [4.78, 5) is 0. The minimum absolute atomic E-state index is 0.155. The predicted molar refractivity (Wildman–Crippen MR) is 58.2 cm³/mol. The largest absolute Gasteiger partial charge is 0.389 e. The Labute approximate surface area is 94.6 Å². The summed E-state index contributed by atoms with van der Waals surface area (Å²) >= 11 is 11.0. The molecule has 0 spiro atoms. The van der Waals surface area contributed by atoms with Crippen molar-refractivity contribution in [3.8, 4) is 0 Å². The van der Waals surface area contributed by atoms with Gasteiger partial charge in [-0.25, -0.2) is 0 Å². The number of aliphatic hydroxyl groups is 1. The fourth-order valence-electron chi connectivity index (χ4n) is 0.712. The van der Waals surface area contributed by atoms with Crippen LogP contribution in [0.2, 0.25) is 0 Å². The summed E-state index contributed by atoms with van der Waals surface area (Å²) < 4.78 is 10.4. The Morgan fingerprint density at radius 2 is 2.00 bits per heavy atom. The third kappa shape index (κ3) is 7.59. The van der Waals surface area contributed by atoms with Crippen LogP contribution in [0, 0.1) is 0 Å². The highest BCUT2D eigenvalue weighted by Crippen LogP contribution is 1.99. The third-order valence-corrected chi connectivity index (χ3v) is 2.11. The summed E-state index contributed by atoms with van der Waals surface area (Å²) in [5.41, 5.74) is 0. The molecule has 2 atom stereocenters. The molecule has 0 saturated heterocycles. The van der Waals surface area contributed by atoms with E-state index in [1.165, 1.54) is 0 Å². The molecule has 0 unspecified atom stereocenters. The summed E-state index contributed by atoms with van der Waals surface area (Å²) in [6.07, 6.45) is 0.787. The van der Waals surface area contributed by atoms with Crippen LogP contribution in [-0.2, 0) is 9.47 Å². The Kier molecular flexibility index (Phi) is 9.88. The molecule has 0 saturated carbocycles. The topological polar surface area (TPSA) is 38.7 Å². The summed E-state index contributed by atoms with van der Waals surface area (Å²) in [5, 5.41) is 9.12. The molecule has 0 fully saturated rings. The second-order valence-electron chi connectivity index (χ2n) is 2.74. The highest BCUT2D eigenvalue weighted by molar-refractivity contribution is 6.18. The Bertz CT molecular complexity index is 144. The standard InChI is InChI=1S/C9H16Cl2O3/c1-2-3-13-7-9(5-11)14-6-8(12)4-10/h2,8-9,12H,1,3-7H2/t8-,9+/m1/s1. The van der Waals surface area contributed by atoms with Gasteiger partial charge < -0.3 is 14.6 Å². The lowest BCUT2D eigenvalue weighted by Gasteiger charge is -2.16. The quantitative estimate of drug-likeness (QED) is 0.378. The average molecular weight is 243 g/mol. The summed E-state index contributed by atoms with van der Waals surface area (Å²) in [5.74, 6) is 0.481. The molecule has 0 aromatic carbocycles. The van der Waals surface area contributed by atoms with E-state index < -0.39 is 6.10 Å². The molecule has 14 heavy (non-hydrogen) atoms. The molecule has 1 N–H and O–H groups in total. The third-order valence-electron chi connectivity index (χ3n) is 1.41. The van der Waals surface area contributed by atoms with Crippen molar-refractivity contribution in [3.05, 3.63) is 12.7 Å². The van der Waals surface area contributed by atoms with Crippen LogP contribution < -0.4 is 0 Å². The zero-order chi connectivity index (χ0) is 10.8. The highest BCUT2D eigenvalue weighted by atomic mass is 35.5. The van der Waals surface area contributed by atoms with Crippen LogP contribution in [0.3, 0.4) is 0 Å². The molecule has 0 aromatic heterocycles.